The van der Waals surface area contributed by atoms with Gasteiger partial charge >= 0.3 is 0 Å². The molecule has 0 bridgehead atoms. The molecule has 2 heterocycles. The second-order valence-corrected chi connectivity index (χ2v) is 7.62. The lowest BCUT2D eigenvalue weighted by molar-refractivity contribution is 0.0717. The number of hydrogen-bond acceptors (Lipinski definition) is 6. The predicted molar refractivity (Wildman–Crippen MR) is 128 cm³/mol. The highest BCUT2D eigenvalue weighted by molar-refractivity contribution is 5.94. The Hall–Kier alpha value is -4.20. The Balaban J connectivity index is 1.68. The van der Waals surface area contributed by atoms with Crippen molar-refractivity contribution in [3.05, 3.63) is 88.1 Å². The van der Waals surface area contributed by atoms with Gasteiger partial charge in [0.25, 0.3) is 11.5 Å². The Morgan fingerprint density at radius 1 is 1.00 bits per heavy atom. The first-order valence-electron chi connectivity index (χ1n) is 10.8. The van der Waals surface area contributed by atoms with Crippen LogP contribution in [0, 0.1) is 0 Å². The normalized spacial score (nSPS) is 10.8. The first-order valence-corrected chi connectivity index (χ1v) is 10.8. The fraction of sp³-hybridized carbons (Fsp3) is 0.231. The van der Waals surface area contributed by atoms with Gasteiger partial charge in [-0.2, -0.15) is 0 Å². The van der Waals surface area contributed by atoms with Crippen LogP contribution in [0.5, 0.6) is 17.2 Å². The van der Waals surface area contributed by atoms with Crippen LogP contribution in [0.2, 0.25) is 0 Å². The van der Waals surface area contributed by atoms with Crippen LogP contribution in [-0.4, -0.2) is 36.6 Å². The van der Waals surface area contributed by atoms with Crippen LogP contribution >= 0.6 is 0 Å². The van der Waals surface area contributed by atoms with E-state index in [1.54, 1.807) is 72.9 Å². The molecule has 0 spiro atoms. The molecule has 0 fully saturated rings. The zero-order valence-corrected chi connectivity index (χ0v) is 19.3. The fourth-order valence-corrected chi connectivity index (χ4v) is 3.73. The maximum absolute atomic E-state index is 13.4. The minimum absolute atomic E-state index is 0.0896. The van der Waals surface area contributed by atoms with Gasteiger partial charge in [-0.15, -0.1) is 0 Å². The number of pyridine rings is 1. The van der Waals surface area contributed by atoms with Gasteiger partial charge in [-0.3, -0.25) is 9.59 Å². The lowest BCUT2D eigenvalue weighted by Crippen LogP contribution is -2.32. The molecule has 0 aliphatic carbocycles. The van der Waals surface area contributed by atoms with Crippen molar-refractivity contribution in [3.63, 3.8) is 0 Å². The van der Waals surface area contributed by atoms with Crippen LogP contribution in [-0.2, 0) is 13.1 Å². The van der Waals surface area contributed by atoms with Crippen molar-refractivity contribution in [2.45, 2.75) is 20.0 Å². The van der Waals surface area contributed by atoms with Crippen molar-refractivity contribution in [1.29, 1.82) is 0 Å². The molecule has 4 aromatic rings. The van der Waals surface area contributed by atoms with E-state index in [9.17, 15) is 9.59 Å². The third kappa shape index (κ3) is 4.91. The van der Waals surface area contributed by atoms with Crippen molar-refractivity contribution < 1.29 is 23.4 Å². The van der Waals surface area contributed by atoms with Gasteiger partial charge in [0.2, 0.25) is 0 Å². The SMILES string of the molecule is CCOc1ccc(C(=O)N(Cc2ccco2)Cc2cc3cc(OC)c(OC)cc3[nH]c2=O)cc1. The molecule has 2 aromatic carbocycles. The Bertz CT molecular complexity index is 1330. The molecule has 8 nitrogen and oxygen atoms in total. The van der Waals surface area contributed by atoms with E-state index < -0.39 is 0 Å². The summed E-state index contributed by atoms with van der Waals surface area (Å²) in [5.41, 5.74) is 1.25. The van der Waals surface area contributed by atoms with Gasteiger partial charge in [-0.1, -0.05) is 0 Å². The third-order valence-electron chi connectivity index (χ3n) is 5.41. The fourth-order valence-electron chi connectivity index (χ4n) is 3.73. The Labute approximate surface area is 196 Å². The Kier molecular flexibility index (Phi) is 6.87. The highest BCUT2D eigenvalue weighted by Gasteiger charge is 2.20. The second kappa shape index (κ2) is 10.2. The summed E-state index contributed by atoms with van der Waals surface area (Å²) in [6.45, 7) is 2.74. The number of rotatable bonds is 9. The molecule has 176 valence electrons. The summed E-state index contributed by atoms with van der Waals surface area (Å²) in [4.78, 5) is 30.7. The number of fused-ring (bicyclic) bond motifs is 1. The molecule has 8 heteroatoms. The molecule has 1 amide bonds. The molecular formula is C26H26N2O6. The number of methoxy groups -OCH3 is 2. The van der Waals surface area contributed by atoms with E-state index in [0.717, 1.165) is 5.39 Å². The van der Waals surface area contributed by atoms with Crippen molar-refractivity contribution in [2.75, 3.05) is 20.8 Å². The monoisotopic (exact) mass is 462 g/mol. The number of hydrogen-bond donors (Lipinski definition) is 1. The molecular weight excluding hydrogens is 436 g/mol. The topological polar surface area (TPSA) is 94.0 Å². The largest absolute Gasteiger partial charge is 0.494 e. The molecule has 0 aliphatic rings. The molecule has 0 saturated carbocycles. The van der Waals surface area contributed by atoms with Gasteiger partial charge in [-0.25, -0.2) is 0 Å². The van der Waals surface area contributed by atoms with E-state index >= 15 is 0 Å². The summed E-state index contributed by atoms with van der Waals surface area (Å²) in [6, 6.07) is 15.8. The summed E-state index contributed by atoms with van der Waals surface area (Å²) in [7, 11) is 3.09. The number of amides is 1. The molecule has 0 unspecified atom stereocenters. The lowest BCUT2D eigenvalue weighted by Gasteiger charge is -2.22. The van der Waals surface area contributed by atoms with Gasteiger partial charge < -0.3 is 28.5 Å². The number of nitrogens with one attached hydrogen (secondary N) is 1. The number of nitrogens with zero attached hydrogens (tertiary/aromatic N) is 1. The lowest BCUT2D eigenvalue weighted by atomic mass is 10.1. The number of benzene rings is 2. The molecule has 1 N–H and O–H groups in total. The average molecular weight is 463 g/mol. The average Bonchev–Trinajstić information content (AvgIpc) is 3.36. The van der Waals surface area contributed by atoms with Crippen LogP contribution in [0.1, 0.15) is 28.6 Å². The molecule has 0 radical (unpaired) electrons. The van der Waals surface area contributed by atoms with Crippen LogP contribution in [0.15, 0.2) is 70.1 Å². The van der Waals surface area contributed by atoms with E-state index in [0.29, 0.717) is 46.3 Å². The summed E-state index contributed by atoms with van der Waals surface area (Å²) in [6.07, 6.45) is 1.55. The van der Waals surface area contributed by atoms with Gasteiger partial charge in [0.1, 0.15) is 11.5 Å². The highest BCUT2D eigenvalue weighted by atomic mass is 16.5. The molecule has 34 heavy (non-hydrogen) atoms. The van der Waals surface area contributed by atoms with Crippen molar-refractivity contribution in [2.24, 2.45) is 0 Å². The molecule has 2 aromatic heterocycles. The van der Waals surface area contributed by atoms with Crippen molar-refractivity contribution in [1.82, 2.24) is 9.88 Å². The van der Waals surface area contributed by atoms with Gasteiger partial charge in [0, 0.05) is 22.6 Å². The number of aromatic nitrogens is 1. The number of carbonyl (C=O) groups excluding carboxylic acids is 1. The predicted octanol–water partition coefficient (Wildman–Crippen LogP) is 4.38. The minimum Gasteiger partial charge on any atom is -0.494 e. The minimum atomic E-state index is -0.288. The smallest absolute Gasteiger partial charge is 0.254 e. The standard InChI is InChI=1S/C26H26N2O6/c1-4-33-20-9-7-17(8-10-20)26(30)28(16-21-6-5-11-34-21)15-19-12-18-13-23(31-2)24(32-3)14-22(18)27-25(19)29/h5-14H,4,15-16H2,1-3H3,(H,27,29). The van der Waals surface area contributed by atoms with Gasteiger partial charge in [-0.05, 0) is 55.5 Å². The molecule has 0 aliphatic heterocycles. The zero-order chi connectivity index (χ0) is 24.1. The third-order valence-corrected chi connectivity index (χ3v) is 5.41. The maximum atomic E-state index is 13.4. The summed E-state index contributed by atoms with van der Waals surface area (Å²) >= 11 is 0. The van der Waals surface area contributed by atoms with E-state index in [-0.39, 0.29) is 24.6 Å². The summed E-state index contributed by atoms with van der Waals surface area (Å²) in [5, 5.41) is 0.763. The summed E-state index contributed by atoms with van der Waals surface area (Å²) < 4.78 is 21.6. The number of H-pyrrole nitrogens is 1. The van der Waals surface area contributed by atoms with Crippen molar-refractivity contribution >= 4 is 16.8 Å². The van der Waals surface area contributed by atoms with Crippen LogP contribution in [0.4, 0.5) is 0 Å². The Morgan fingerprint density at radius 3 is 2.38 bits per heavy atom. The van der Waals surface area contributed by atoms with Crippen molar-refractivity contribution in [3.8, 4) is 17.2 Å². The van der Waals surface area contributed by atoms with E-state index in [4.69, 9.17) is 18.6 Å². The van der Waals surface area contributed by atoms with Crippen LogP contribution in [0.25, 0.3) is 10.9 Å². The summed E-state index contributed by atoms with van der Waals surface area (Å²) in [5.74, 6) is 2.13. The van der Waals surface area contributed by atoms with E-state index in [1.165, 1.54) is 7.11 Å². The first-order chi connectivity index (χ1) is 16.5. The van der Waals surface area contributed by atoms with Gasteiger partial charge in [0.15, 0.2) is 11.5 Å². The Morgan fingerprint density at radius 2 is 1.74 bits per heavy atom. The number of carbonyl (C=O) groups is 1. The van der Waals surface area contributed by atoms with Gasteiger partial charge in [0.05, 0.1) is 45.7 Å². The molecule has 0 saturated heterocycles. The quantitative estimate of drug-likeness (QED) is 0.397. The second-order valence-electron chi connectivity index (χ2n) is 7.62. The maximum Gasteiger partial charge on any atom is 0.254 e. The van der Waals surface area contributed by atoms with E-state index in [2.05, 4.69) is 4.98 Å². The zero-order valence-electron chi connectivity index (χ0n) is 19.3. The highest BCUT2D eigenvalue weighted by Crippen LogP contribution is 2.31. The van der Waals surface area contributed by atoms with Crippen LogP contribution < -0.4 is 19.8 Å². The van der Waals surface area contributed by atoms with Crippen LogP contribution in [0.3, 0.4) is 0 Å². The molecule has 0 atom stereocenters. The van der Waals surface area contributed by atoms with E-state index in [1.807, 2.05) is 6.92 Å². The number of aromatic amines is 1. The first kappa shape index (κ1) is 23.0. The molecule has 4 rings (SSSR count). The number of ether oxygens (including phenoxy) is 3. The number of furan rings is 1.